The van der Waals surface area contributed by atoms with Crippen LogP contribution in [0.5, 0.6) is 0 Å². The summed E-state index contributed by atoms with van der Waals surface area (Å²) in [7, 11) is -3.89. The van der Waals surface area contributed by atoms with Crippen LogP contribution in [0.15, 0.2) is 53.4 Å². The Morgan fingerprint density at radius 3 is 2.44 bits per heavy atom. The fourth-order valence-corrected chi connectivity index (χ4v) is 4.52. The zero-order valence-corrected chi connectivity index (χ0v) is 15.7. The fourth-order valence-electron chi connectivity index (χ4n) is 2.94. The number of sulfonamides is 1. The summed E-state index contributed by atoms with van der Waals surface area (Å²) in [5.41, 5.74) is 1.05. The molecule has 8 nitrogen and oxygen atoms in total. The molecule has 3 rings (SSSR count). The number of nitrogens with zero attached hydrogens (tertiary/aromatic N) is 2. The van der Waals surface area contributed by atoms with Gasteiger partial charge in [0, 0.05) is 31.3 Å². The van der Waals surface area contributed by atoms with E-state index in [1.54, 1.807) is 0 Å². The number of nitrogens with one attached hydrogen (secondary N) is 1. The highest BCUT2D eigenvalue weighted by molar-refractivity contribution is 7.89. The lowest BCUT2D eigenvalue weighted by molar-refractivity contribution is -0.385. The number of rotatable bonds is 6. The molecule has 0 unspecified atom stereocenters. The molecular formula is C18H21N3O5S. The maximum atomic E-state index is 13.1. The molecule has 144 valence electrons. The van der Waals surface area contributed by atoms with Gasteiger partial charge in [-0.15, -0.1) is 0 Å². The fraction of sp³-hybridized carbons (Fsp3) is 0.333. The molecule has 2 aromatic carbocycles. The summed E-state index contributed by atoms with van der Waals surface area (Å²) < 4.78 is 32.7. The first-order chi connectivity index (χ1) is 12.9. The van der Waals surface area contributed by atoms with Crippen molar-refractivity contribution in [3.8, 4) is 0 Å². The van der Waals surface area contributed by atoms with E-state index in [0.717, 1.165) is 11.6 Å². The molecule has 0 saturated carbocycles. The Morgan fingerprint density at radius 2 is 1.81 bits per heavy atom. The first kappa shape index (κ1) is 19.3. The zero-order chi connectivity index (χ0) is 19.4. The minimum atomic E-state index is -3.89. The molecule has 0 amide bonds. The molecule has 2 aromatic rings. The smallest absolute Gasteiger partial charge is 0.270 e. The molecular weight excluding hydrogens is 370 g/mol. The molecule has 0 radical (unpaired) electrons. The van der Waals surface area contributed by atoms with E-state index in [4.69, 9.17) is 4.74 Å². The highest BCUT2D eigenvalue weighted by atomic mass is 32.2. The van der Waals surface area contributed by atoms with Crippen molar-refractivity contribution in [3.05, 3.63) is 64.2 Å². The number of ether oxygens (including phenoxy) is 1. The molecule has 1 saturated heterocycles. The number of hydrogen-bond acceptors (Lipinski definition) is 6. The Balaban J connectivity index is 1.99. The van der Waals surface area contributed by atoms with Crippen molar-refractivity contribution < 1.29 is 18.1 Å². The van der Waals surface area contributed by atoms with E-state index in [1.807, 2.05) is 37.3 Å². The monoisotopic (exact) mass is 391 g/mol. The van der Waals surface area contributed by atoms with Crippen LogP contribution in [0.2, 0.25) is 0 Å². The van der Waals surface area contributed by atoms with Crippen LogP contribution in [0.4, 0.5) is 11.4 Å². The van der Waals surface area contributed by atoms with E-state index in [0.29, 0.717) is 18.9 Å². The molecule has 0 aliphatic carbocycles. The predicted molar refractivity (Wildman–Crippen MR) is 101 cm³/mol. The maximum Gasteiger partial charge on any atom is 0.270 e. The third-order valence-electron chi connectivity index (χ3n) is 4.44. The van der Waals surface area contributed by atoms with Crippen molar-refractivity contribution in [1.82, 2.24) is 4.31 Å². The lowest BCUT2D eigenvalue weighted by Gasteiger charge is -2.27. The Labute approximate surface area is 158 Å². The van der Waals surface area contributed by atoms with Gasteiger partial charge in [-0.25, -0.2) is 8.42 Å². The number of nitro benzene ring substituents is 1. The van der Waals surface area contributed by atoms with Crippen molar-refractivity contribution in [2.75, 3.05) is 31.6 Å². The van der Waals surface area contributed by atoms with E-state index >= 15 is 0 Å². The summed E-state index contributed by atoms with van der Waals surface area (Å²) in [5.74, 6) is 0. The quantitative estimate of drug-likeness (QED) is 0.600. The van der Waals surface area contributed by atoms with Crippen LogP contribution < -0.4 is 5.32 Å². The second-order valence-corrected chi connectivity index (χ2v) is 8.14. The van der Waals surface area contributed by atoms with Gasteiger partial charge in [-0.05, 0) is 18.6 Å². The van der Waals surface area contributed by atoms with Gasteiger partial charge in [0.2, 0.25) is 10.0 Å². The standard InChI is InChI=1S/C18H21N3O5S/c1-14(15-5-3-2-4-6-15)19-17-8-7-16(21(22)23)13-18(17)27(24,25)20-9-11-26-12-10-20/h2-8,13-14,19H,9-12H2,1H3/t14-/m1/s1. The lowest BCUT2D eigenvalue weighted by Crippen LogP contribution is -2.40. The molecule has 1 atom stereocenters. The number of anilines is 1. The predicted octanol–water partition coefficient (Wildman–Crippen LogP) is 2.79. The van der Waals surface area contributed by atoms with Crippen LogP contribution in [0, 0.1) is 10.1 Å². The van der Waals surface area contributed by atoms with Gasteiger partial charge in [-0.3, -0.25) is 10.1 Å². The summed E-state index contributed by atoms with van der Waals surface area (Å²) in [6.07, 6.45) is 0. The number of benzene rings is 2. The number of nitro groups is 1. The summed E-state index contributed by atoms with van der Waals surface area (Å²) in [6, 6.07) is 13.2. The Kier molecular flexibility index (Phi) is 5.73. The highest BCUT2D eigenvalue weighted by Gasteiger charge is 2.30. The van der Waals surface area contributed by atoms with Gasteiger partial charge in [0.25, 0.3) is 5.69 Å². The second kappa shape index (κ2) is 8.03. The minimum Gasteiger partial charge on any atom is -0.379 e. The van der Waals surface area contributed by atoms with E-state index in [-0.39, 0.29) is 29.7 Å². The molecule has 27 heavy (non-hydrogen) atoms. The summed E-state index contributed by atoms with van der Waals surface area (Å²) in [6.45, 7) is 2.95. The minimum absolute atomic E-state index is 0.0959. The van der Waals surface area contributed by atoms with Gasteiger partial charge >= 0.3 is 0 Å². The van der Waals surface area contributed by atoms with Gasteiger partial charge in [0.05, 0.1) is 23.8 Å². The van der Waals surface area contributed by atoms with Crippen LogP contribution in [0.25, 0.3) is 0 Å². The van der Waals surface area contributed by atoms with Crippen molar-refractivity contribution >= 4 is 21.4 Å². The molecule has 1 aliphatic heterocycles. The van der Waals surface area contributed by atoms with Gasteiger partial charge in [0.15, 0.2) is 0 Å². The average molecular weight is 391 g/mol. The molecule has 1 fully saturated rings. The molecule has 0 aromatic heterocycles. The zero-order valence-electron chi connectivity index (χ0n) is 14.9. The summed E-state index contributed by atoms with van der Waals surface area (Å²) >= 11 is 0. The third kappa shape index (κ3) is 4.26. The van der Waals surface area contributed by atoms with E-state index in [9.17, 15) is 18.5 Å². The number of non-ortho nitro benzene ring substituents is 1. The Hall–Kier alpha value is -2.49. The third-order valence-corrected chi connectivity index (χ3v) is 6.37. The first-order valence-electron chi connectivity index (χ1n) is 8.57. The van der Waals surface area contributed by atoms with Gasteiger partial charge in [-0.1, -0.05) is 30.3 Å². The van der Waals surface area contributed by atoms with Crippen LogP contribution in [-0.2, 0) is 14.8 Å². The van der Waals surface area contributed by atoms with Crippen LogP contribution in [0.1, 0.15) is 18.5 Å². The first-order valence-corrected chi connectivity index (χ1v) is 10.0. The number of morpholine rings is 1. The molecule has 1 N–H and O–H groups in total. The van der Waals surface area contributed by atoms with Crippen LogP contribution in [-0.4, -0.2) is 43.9 Å². The maximum absolute atomic E-state index is 13.1. The van der Waals surface area contributed by atoms with Crippen molar-refractivity contribution in [2.45, 2.75) is 17.9 Å². The Morgan fingerprint density at radius 1 is 1.15 bits per heavy atom. The largest absolute Gasteiger partial charge is 0.379 e. The van der Waals surface area contributed by atoms with Gasteiger partial charge in [-0.2, -0.15) is 4.31 Å². The number of hydrogen-bond donors (Lipinski definition) is 1. The van der Waals surface area contributed by atoms with Crippen molar-refractivity contribution in [2.24, 2.45) is 0 Å². The van der Waals surface area contributed by atoms with Crippen molar-refractivity contribution in [3.63, 3.8) is 0 Å². The lowest BCUT2D eigenvalue weighted by atomic mass is 10.1. The van der Waals surface area contributed by atoms with Gasteiger partial charge < -0.3 is 10.1 Å². The van der Waals surface area contributed by atoms with E-state index in [1.165, 1.54) is 16.4 Å². The van der Waals surface area contributed by atoms with Crippen LogP contribution >= 0.6 is 0 Å². The molecule has 1 heterocycles. The van der Waals surface area contributed by atoms with E-state index < -0.39 is 14.9 Å². The normalized spacial score (nSPS) is 16.6. The molecule has 1 aliphatic rings. The highest BCUT2D eigenvalue weighted by Crippen LogP contribution is 2.31. The van der Waals surface area contributed by atoms with Crippen LogP contribution in [0.3, 0.4) is 0 Å². The van der Waals surface area contributed by atoms with Crippen molar-refractivity contribution in [1.29, 1.82) is 0 Å². The topological polar surface area (TPSA) is 102 Å². The summed E-state index contributed by atoms with van der Waals surface area (Å²) in [4.78, 5) is 10.5. The second-order valence-electron chi connectivity index (χ2n) is 6.23. The molecule has 0 bridgehead atoms. The SMILES string of the molecule is C[C@@H](Nc1ccc([N+](=O)[O-])cc1S(=O)(=O)N1CCOCC1)c1ccccc1. The average Bonchev–Trinajstić information content (AvgIpc) is 2.69. The summed E-state index contributed by atoms with van der Waals surface area (Å²) in [5, 5.41) is 14.3. The van der Waals surface area contributed by atoms with Gasteiger partial charge in [0.1, 0.15) is 4.90 Å². The Bertz CT molecular complexity index is 912. The van der Waals surface area contributed by atoms with E-state index in [2.05, 4.69) is 5.32 Å². The molecule has 0 spiro atoms. The molecule has 9 heteroatoms.